The van der Waals surface area contributed by atoms with Gasteiger partial charge in [-0.1, -0.05) is 56.2 Å². The molecule has 0 saturated heterocycles. The van der Waals surface area contributed by atoms with Crippen LogP contribution in [0.4, 0.5) is 0 Å². The zero-order chi connectivity index (χ0) is 9.98. The summed E-state index contributed by atoms with van der Waals surface area (Å²) in [4.78, 5) is 0. The van der Waals surface area contributed by atoms with E-state index >= 15 is 0 Å². The quantitative estimate of drug-likeness (QED) is 0.530. The Bertz CT molecular complexity index is 159. The third-order valence-corrected chi connectivity index (χ3v) is 1.09. The molecule has 0 aromatic heterocycles. The second kappa shape index (κ2) is 10.2. The van der Waals surface area contributed by atoms with Crippen LogP contribution in [0.1, 0.15) is 41.0 Å². The Morgan fingerprint density at radius 3 is 1.83 bits per heavy atom. The van der Waals surface area contributed by atoms with Crippen molar-refractivity contribution in [3.8, 4) is 0 Å². The van der Waals surface area contributed by atoms with E-state index in [1.165, 1.54) is 12.0 Å². The van der Waals surface area contributed by atoms with Crippen LogP contribution in [0.25, 0.3) is 0 Å². The summed E-state index contributed by atoms with van der Waals surface area (Å²) in [5, 5.41) is 0. The highest BCUT2D eigenvalue weighted by atomic mass is 13.8. The van der Waals surface area contributed by atoms with Gasteiger partial charge in [0.05, 0.1) is 0 Å². The Morgan fingerprint density at radius 1 is 1.17 bits per heavy atom. The van der Waals surface area contributed by atoms with Crippen LogP contribution in [0.3, 0.4) is 0 Å². The van der Waals surface area contributed by atoms with Gasteiger partial charge < -0.3 is 0 Å². The maximum absolute atomic E-state index is 3.75. The highest BCUT2D eigenvalue weighted by Gasteiger charge is 1.75. The predicted octanol–water partition coefficient (Wildman–Crippen LogP) is 4.50. The van der Waals surface area contributed by atoms with Crippen molar-refractivity contribution < 1.29 is 0 Å². The maximum Gasteiger partial charge on any atom is -0.0401 e. The molecule has 0 spiro atoms. The third-order valence-electron chi connectivity index (χ3n) is 1.09. The minimum Gasteiger partial charge on any atom is -0.0961 e. The second-order valence-corrected chi connectivity index (χ2v) is 2.92. The molecule has 0 rings (SSSR count). The molecule has 0 heterocycles. The first-order valence-electron chi connectivity index (χ1n) is 4.54. The highest BCUT2D eigenvalue weighted by molar-refractivity contribution is 5.22. The third kappa shape index (κ3) is 16.1. The van der Waals surface area contributed by atoms with Crippen molar-refractivity contribution in [2.75, 3.05) is 0 Å². The summed E-state index contributed by atoms with van der Waals surface area (Å²) >= 11 is 0. The van der Waals surface area contributed by atoms with Crippen molar-refractivity contribution in [1.29, 1.82) is 0 Å². The number of hydrogen-bond acceptors (Lipinski definition) is 0. The standard InChI is InChI=1S/C9H14.C3H8/c1-5-9(4)7-6-8(2)3;1-3-2/h5-7H,2H2,1,3-4H3;3H2,1-2H3/b7-6-,9-5-;. The maximum atomic E-state index is 3.75. The summed E-state index contributed by atoms with van der Waals surface area (Å²) in [5.41, 5.74) is 2.37. The minimum atomic E-state index is 1.09. The van der Waals surface area contributed by atoms with Gasteiger partial charge in [0.1, 0.15) is 0 Å². The van der Waals surface area contributed by atoms with E-state index in [-0.39, 0.29) is 0 Å². The molecule has 0 radical (unpaired) electrons. The molecule has 0 aliphatic carbocycles. The van der Waals surface area contributed by atoms with Crippen molar-refractivity contribution in [2.24, 2.45) is 0 Å². The summed E-state index contributed by atoms with van der Waals surface area (Å²) in [5.74, 6) is 0. The fourth-order valence-electron chi connectivity index (χ4n) is 0.370. The van der Waals surface area contributed by atoms with E-state index < -0.39 is 0 Å². The summed E-state index contributed by atoms with van der Waals surface area (Å²) in [6, 6.07) is 0. The molecule has 0 amide bonds. The van der Waals surface area contributed by atoms with E-state index in [1.807, 2.05) is 19.9 Å². The van der Waals surface area contributed by atoms with E-state index in [2.05, 4.69) is 39.5 Å². The SMILES string of the molecule is C=C(C)/C=C\C(C)=C/C.CCC. The van der Waals surface area contributed by atoms with Crippen LogP contribution < -0.4 is 0 Å². The molecule has 12 heavy (non-hydrogen) atoms. The molecule has 0 aliphatic heterocycles. The molecule has 70 valence electrons. The highest BCUT2D eigenvalue weighted by Crippen LogP contribution is 1.97. The molecule has 0 fully saturated rings. The Balaban J connectivity index is 0. The fraction of sp³-hybridized carbons (Fsp3) is 0.500. The van der Waals surface area contributed by atoms with Crippen LogP contribution in [0.5, 0.6) is 0 Å². The molecule has 0 saturated carbocycles. The average molecular weight is 166 g/mol. The zero-order valence-electron chi connectivity index (χ0n) is 9.15. The van der Waals surface area contributed by atoms with Crippen molar-refractivity contribution >= 4 is 0 Å². The van der Waals surface area contributed by atoms with Gasteiger partial charge in [-0.15, -0.1) is 0 Å². The minimum absolute atomic E-state index is 1.09. The molecule has 0 N–H and O–H groups in total. The molecular weight excluding hydrogens is 144 g/mol. The number of allylic oxidation sites excluding steroid dienone is 5. The first kappa shape index (κ1) is 13.8. The van der Waals surface area contributed by atoms with Crippen molar-refractivity contribution in [3.05, 3.63) is 36.0 Å². The molecule has 0 heteroatoms. The van der Waals surface area contributed by atoms with Gasteiger partial charge in [-0.25, -0.2) is 0 Å². The topological polar surface area (TPSA) is 0 Å². The lowest BCUT2D eigenvalue weighted by Gasteiger charge is -1.86. The number of rotatable bonds is 2. The predicted molar refractivity (Wildman–Crippen MR) is 59.4 cm³/mol. The molecule has 0 atom stereocenters. The van der Waals surface area contributed by atoms with E-state index in [1.54, 1.807) is 0 Å². The van der Waals surface area contributed by atoms with Crippen molar-refractivity contribution in [2.45, 2.75) is 41.0 Å². The van der Waals surface area contributed by atoms with Gasteiger partial charge in [0, 0.05) is 0 Å². The van der Waals surface area contributed by atoms with Crippen LogP contribution in [0.2, 0.25) is 0 Å². The van der Waals surface area contributed by atoms with Crippen LogP contribution in [-0.4, -0.2) is 0 Å². The zero-order valence-corrected chi connectivity index (χ0v) is 9.15. The first-order valence-corrected chi connectivity index (χ1v) is 4.54. The smallest absolute Gasteiger partial charge is 0.0401 e. The second-order valence-electron chi connectivity index (χ2n) is 2.92. The Kier molecular flexibility index (Phi) is 11.7. The fourth-order valence-corrected chi connectivity index (χ4v) is 0.370. The summed E-state index contributed by atoms with van der Waals surface area (Å²) in [7, 11) is 0. The van der Waals surface area contributed by atoms with Gasteiger partial charge in [-0.3, -0.25) is 0 Å². The monoisotopic (exact) mass is 166 g/mol. The molecule has 0 bridgehead atoms. The molecule has 0 aliphatic rings. The normalized spacial score (nSPS) is 10.9. The Labute approximate surface area is 77.7 Å². The summed E-state index contributed by atoms with van der Waals surface area (Å²) in [6.45, 7) is 14.1. The summed E-state index contributed by atoms with van der Waals surface area (Å²) < 4.78 is 0. The molecule has 0 unspecified atom stereocenters. The Hall–Kier alpha value is -0.780. The van der Waals surface area contributed by atoms with Gasteiger partial charge in [-0.2, -0.15) is 0 Å². The molecule has 0 nitrogen and oxygen atoms in total. The Morgan fingerprint density at radius 2 is 1.58 bits per heavy atom. The van der Waals surface area contributed by atoms with Gasteiger partial charge in [0.2, 0.25) is 0 Å². The van der Waals surface area contributed by atoms with E-state index in [4.69, 9.17) is 0 Å². The summed E-state index contributed by atoms with van der Waals surface area (Å²) in [6.07, 6.45) is 7.39. The van der Waals surface area contributed by atoms with Crippen molar-refractivity contribution in [3.63, 3.8) is 0 Å². The van der Waals surface area contributed by atoms with E-state index in [9.17, 15) is 0 Å². The lowest BCUT2D eigenvalue weighted by atomic mass is 10.2. The lowest BCUT2D eigenvalue weighted by Crippen LogP contribution is -1.65. The molecule has 0 aromatic rings. The molecule has 0 aromatic carbocycles. The van der Waals surface area contributed by atoms with Gasteiger partial charge in [0.15, 0.2) is 0 Å². The van der Waals surface area contributed by atoms with Crippen LogP contribution in [0, 0.1) is 0 Å². The van der Waals surface area contributed by atoms with Gasteiger partial charge in [-0.05, 0) is 20.8 Å². The lowest BCUT2D eigenvalue weighted by molar-refractivity contribution is 1.09. The largest absolute Gasteiger partial charge is 0.0961 e. The van der Waals surface area contributed by atoms with E-state index in [0.717, 1.165) is 5.57 Å². The van der Waals surface area contributed by atoms with Crippen LogP contribution >= 0.6 is 0 Å². The first-order chi connectivity index (χ1) is 5.58. The van der Waals surface area contributed by atoms with Crippen LogP contribution in [0.15, 0.2) is 36.0 Å². The van der Waals surface area contributed by atoms with E-state index in [0.29, 0.717) is 0 Å². The van der Waals surface area contributed by atoms with Gasteiger partial charge >= 0.3 is 0 Å². The van der Waals surface area contributed by atoms with Gasteiger partial charge in [0.25, 0.3) is 0 Å². The average Bonchev–Trinajstić information content (AvgIpc) is 2.01. The molecular formula is C12H22. The van der Waals surface area contributed by atoms with Crippen LogP contribution in [-0.2, 0) is 0 Å². The number of hydrogen-bond donors (Lipinski definition) is 0. The van der Waals surface area contributed by atoms with Crippen molar-refractivity contribution in [1.82, 2.24) is 0 Å².